The predicted octanol–water partition coefficient (Wildman–Crippen LogP) is -1.53. The molecule has 92 valence electrons. The molecule has 0 heterocycles. The largest absolute Gasteiger partial charge is 0.381 e. The Hall–Kier alpha value is -1.14. The highest BCUT2D eigenvalue weighted by molar-refractivity contribution is 5.82. The second kappa shape index (κ2) is 5.81. The Balaban J connectivity index is 2.31. The van der Waals surface area contributed by atoms with Crippen molar-refractivity contribution < 1.29 is 14.7 Å². The summed E-state index contributed by atoms with van der Waals surface area (Å²) in [5.74, 6) is -1.10. The lowest BCUT2D eigenvalue weighted by atomic mass is 9.85. The molecule has 3 unspecified atom stereocenters. The number of hydrogen-bond donors (Lipinski definition) is 4. The molecule has 0 aliphatic heterocycles. The molecular formula is C10H19N3O3. The molecule has 0 aromatic heterocycles. The predicted molar refractivity (Wildman–Crippen MR) is 58.1 cm³/mol. The van der Waals surface area contributed by atoms with E-state index in [4.69, 9.17) is 16.6 Å². The zero-order chi connectivity index (χ0) is 12.1. The highest BCUT2D eigenvalue weighted by Gasteiger charge is 2.25. The van der Waals surface area contributed by atoms with Gasteiger partial charge in [-0.15, -0.1) is 0 Å². The van der Waals surface area contributed by atoms with Gasteiger partial charge in [0.1, 0.15) is 6.10 Å². The maximum atomic E-state index is 11.6. The van der Waals surface area contributed by atoms with Crippen LogP contribution in [0.1, 0.15) is 25.7 Å². The smallest absolute Gasteiger partial charge is 0.248 e. The first-order valence-corrected chi connectivity index (χ1v) is 5.51. The van der Waals surface area contributed by atoms with E-state index in [1.807, 2.05) is 0 Å². The molecule has 2 amide bonds. The number of nitrogens with one attached hydrogen (secondary N) is 1. The van der Waals surface area contributed by atoms with Crippen molar-refractivity contribution in [3.63, 3.8) is 0 Å². The molecule has 3 atom stereocenters. The zero-order valence-electron chi connectivity index (χ0n) is 9.19. The van der Waals surface area contributed by atoms with Gasteiger partial charge in [-0.3, -0.25) is 9.59 Å². The summed E-state index contributed by atoms with van der Waals surface area (Å²) < 4.78 is 0. The summed E-state index contributed by atoms with van der Waals surface area (Å²) in [6.07, 6.45) is 2.05. The topological polar surface area (TPSA) is 118 Å². The van der Waals surface area contributed by atoms with Crippen LogP contribution < -0.4 is 16.8 Å². The minimum atomic E-state index is -1.32. The van der Waals surface area contributed by atoms with E-state index in [9.17, 15) is 9.59 Å². The van der Waals surface area contributed by atoms with Crippen molar-refractivity contribution in [1.29, 1.82) is 0 Å². The van der Waals surface area contributed by atoms with Gasteiger partial charge in [0, 0.05) is 12.0 Å². The fourth-order valence-electron chi connectivity index (χ4n) is 1.91. The minimum Gasteiger partial charge on any atom is -0.381 e. The average molecular weight is 229 g/mol. The number of aliphatic hydroxyl groups excluding tert-OH is 1. The van der Waals surface area contributed by atoms with E-state index < -0.39 is 12.0 Å². The summed E-state index contributed by atoms with van der Waals surface area (Å²) in [4.78, 5) is 22.2. The van der Waals surface area contributed by atoms with Crippen molar-refractivity contribution in [2.45, 2.75) is 37.8 Å². The van der Waals surface area contributed by atoms with Crippen molar-refractivity contribution in [2.75, 3.05) is 6.54 Å². The Morgan fingerprint density at radius 1 is 1.44 bits per heavy atom. The van der Waals surface area contributed by atoms with Gasteiger partial charge >= 0.3 is 0 Å². The molecule has 6 N–H and O–H groups in total. The fraction of sp³-hybridized carbons (Fsp3) is 0.800. The lowest BCUT2D eigenvalue weighted by molar-refractivity contribution is -0.129. The monoisotopic (exact) mass is 229 g/mol. The quantitative estimate of drug-likeness (QED) is 0.467. The second-order valence-electron chi connectivity index (χ2n) is 4.29. The van der Waals surface area contributed by atoms with Crippen molar-refractivity contribution in [1.82, 2.24) is 5.32 Å². The molecule has 1 fully saturated rings. The molecule has 0 bridgehead atoms. The number of aliphatic hydroxyl groups is 1. The Bertz CT molecular complexity index is 270. The Kier molecular flexibility index (Phi) is 4.70. The summed E-state index contributed by atoms with van der Waals surface area (Å²) in [6.45, 7) is -0.125. The second-order valence-corrected chi connectivity index (χ2v) is 4.29. The molecule has 1 rings (SSSR count). The van der Waals surface area contributed by atoms with Gasteiger partial charge in [-0.05, 0) is 19.3 Å². The van der Waals surface area contributed by atoms with Gasteiger partial charge < -0.3 is 21.9 Å². The minimum absolute atomic E-state index is 0.0746. The maximum absolute atomic E-state index is 11.6. The summed E-state index contributed by atoms with van der Waals surface area (Å²) in [5, 5.41) is 11.6. The van der Waals surface area contributed by atoms with Crippen molar-refractivity contribution in [3.05, 3.63) is 0 Å². The van der Waals surface area contributed by atoms with E-state index in [1.165, 1.54) is 0 Å². The highest BCUT2D eigenvalue weighted by atomic mass is 16.3. The van der Waals surface area contributed by atoms with Crippen LogP contribution in [0, 0.1) is 5.92 Å². The molecule has 1 aliphatic rings. The van der Waals surface area contributed by atoms with Gasteiger partial charge in [-0.2, -0.15) is 0 Å². The third-order valence-electron chi connectivity index (χ3n) is 2.88. The Morgan fingerprint density at radius 3 is 2.69 bits per heavy atom. The van der Waals surface area contributed by atoms with Crippen molar-refractivity contribution in [3.8, 4) is 0 Å². The first kappa shape index (κ1) is 12.9. The molecule has 0 spiro atoms. The normalized spacial score (nSPS) is 27.1. The van der Waals surface area contributed by atoms with E-state index in [0.29, 0.717) is 6.42 Å². The number of primary amides is 1. The fourth-order valence-corrected chi connectivity index (χ4v) is 1.91. The molecule has 0 radical (unpaired) electrons. The molecule has 0 saturated heterocycles. The van der Waals surface area contributed by atoms with Crippen molar-refractivity contribution in [2.24, 2.45) is 17.4 Å². The number of rotatable bonds is 4. The zero-order valence-corrected chi connectivity index (χ0v) is 9.19. The average Bonchev–Trinajstić information content (AvgIpc) is 2.25. The number of amides is 2. The maximum Gasteiger partial charge on any atom is 0.248 e. The SMILES string of the molecule is NC(=O)C(O)CNC(=O)C1CCCC(N)C1. The van der Waals surface area contributed by atoms with Crippen LogP contribution in [-0.2, 0) is 9.59 Å². The third-order valence-corrected chi connectivity index (χ3v) is 2.88. The number of carbonyl (C=O) groups excluding carboxylic acids is 2. The highest BCUT2D eigenvalue weighted by Crippen LogP contribution is 2.22. The summed E-state index contributed by atoms with van der Waals surface area (Å²) in [7, 11) is 0. The number of carbonyl (C=O) groups is 2. The lowest BCUT2D eigenvalue weighted by Gasteiger charge is -2.25. The van der Waals surface area contributed by atoms with Crippen LogP contribution in [0.25, 0.3) is 0 Å². The number of hydrogen-bond acceptors (Lipinski definition) is 4. The van der Waals surface area contributed by atoms with Crippen LogP contribution in [0.3, 0.4) is 0 Å². The molecule has 0 aromatic rings. The van der Waals surface area contributed by atoms with Crippen molar-refractivity contribution >= 4 is 11.8 Å². The molecule has 1 aliphatic carbocycles. The van der Waals surface area contributed by atoms with Crippen LogP contribution in [-0.4, -0.2) is 35.6 Å². The van der Waals surface area contributed by atoms with Gasteiger partial charge in [0.25, 0.3) is 0 Å². The van der Waals surface area contributed by atoms with E-state index in [2.05, 4.69) is 5.32 Å². The number of nitrogens with two attached hydrogens (primary N) is 2. The first-order chi connectivity index (χ1) is 7.50. The summed E-state index contributed by atoms with van der Waals surface area (Å²) >= 11 is 0. The standard InChI is InChI=1S/C10H19N3O3/c11-7-3-1-2-6(4-7)10(16)13-5-8(14)9(12)15/h6-8,14H,1-5,11H2,(H2,12,15)(H,13,16). The Morgan fingerprint density at radius 2 is 2.12 bits per heavy atom. The van der Waals surface area contributed by atoms with E-state index in [0.717, 1.165) is 19.3 Å². The van der Waals surface area contributed by atoms with Crippen LogP contribution in [0.5, 0.6) is 0 Å². The molecule has 6 heteroatoms. The molecular weight excluding hydrogens is 210 g/mol. The Labute approximate surface area is 94.4 Å². The van der Waals surface area contributed by atoms with E-state index >= 15 is 0 Å². The van der Waals surface area contributed by atoms with Gasteiger partial charge in [-0.1, -0.05) is 6.42 Å². The van der Waals surface area contributed by atoms with E-state index in [-0.39, 0.29) is 24.4 Å². The van der Waals surface area contributed by atoms with Gasteiger partial charge in [0.05, 0.1) is 6.54 Å². The molecule has 1 saturated carbocycles. The first-order valence-electron chi connectivity index (χ1n) is 5.51. The van der Waals surface area contributed by atoms with Crippen LogP contribution in [0.15, 0.2) is 0 Å². The molecule has 0 aromatic carbocycles. The van der Waals surface area contributed by atoms with Crippen LogP contribution in [0.2, 0.25) is 0 Å². The van der Waals surface area contributed by atoms with Crippen LogP contribution >= 0.6 is 0 Å². The summed E-state index contributed by atoms with van der Waals surface area (Å²) in [5.41, 5.74) is 10.6. The van der Waals surface area contributed by atoms with Gasteiger partial charge in [0.2, 0.25) is 11.8 Å². The van der Waals surface area contributed by atoms with Gasteiger partial charge in [-0.25, -0.2) is 0 Å². The van der Waals surface area contributed by atoms with Crippen LogP contribution in [0.4, 0.5) is 0 Å². The van der Waals surface area contributed by atoms with Gasteiger partial charge in [0.15, 0.2) is 0 Å². The summed E-state index contributed by atoms with van der Waals surface area (Å²) in [6, 6.07) is 0.0746. The molecule has 6 nitrogen and oxygen atoms in total. The van der Waals surface area contributed by atoms with E-state index in [1.54, 1.807) is 0 Å². The lowest BCUT2D eigenvalue weighted by Crippen LogP contribution is -2.43. The molecule has 16 heavy (non-hydrogen) atoms. The third kappa shape index (κ3) is 3.79.